The molecule has 1 N–H and O–H groups in total. The van der Waals surface area contributed by atoms with Crippen molar-refractivity contribution in [1.29, 1.82) is 0 Å². The van der Waals surface area contributed by atoms with Crippen LogP contribution in [0.5, 0.6) is 0 Å². The zero-order valence-corrected chi connectivity index (χ0v) is 9.13. The van der Waals surface area contributed by atoms with E-state index in [9.17, 15) is 12.8 Å². The molecule has 0 fully saturated rings. The van der Waals surface area contributed by atoms with Crippen LogP contribution in [-0.2, 0) is 10.0 Å². The first-order valence-electron chi connectivity index (χ1n) is 3.46. The Morgan fingerprint density at radius 3 is 2.57 bits per heavy atom. The Morgan fingerprint density at radius 1 is 1.43 bits per heavy atom. The average molecular weight is 258 g/mol. The fourth-order valence-corrected chi connectivity index (χ4v) is 1.77. The lowest BCUT2D eigenvalue weighted by atomic mass is 10.3. The summed E-state index contributed by atoms with van der Waals surface area (Å²) >= 11 is 10.7. The zero-order valence-electron chi connectivity index (χ0n) is 6.80. The molecule has 7 heteroatoms. The number of sulfonamides is 1. The quantitative estimate of drug-likeness (QED) is 0.846. The van der Waals surface area contributed by atoms with Crippen LogP contribution < -0.4 is 4.72 Å². The van der Waals surface area contributed by atoms with E-state index >= 15 is 0 Å². The van der Waals surface area contributed by atoms with Crippen molar-refractivity contribution in [3.63, 3.8) is 0 Å². The number of hydrogen-bond donors (Lipinski definition) is 1. The van der Waals surface area contributed by atoms with Crippen LogP contribution in [0.4, 0.5) is 10.1 Å². The number of nitrogens with one attached hydrogen (secondary N) is 1. The molecule has 78 valence electrons. The summed E-state index contributed by atoms with van der Waals surface area (Å²) < 4.78 is 36.7. The van der Waals surface area contributed by atoms with Crippen LogP contribution >= 0.6 is 23.2 Å². The highest BCUT2D eigenvalue weighted by Crippen LogP contribution is 2.23. The monoisotopic (exact) mass is 257 g/mol. The molecule has 1 aromatic carbocycles. The minimum absolute atomic E-state index is 0.0151. The van der Waals surface area contributed by atoms with Crippen molar-refractivity contribution in [2.45, 2.75) is 0 Å². The second-order valence-corrected chi connectivity index (χ2v) is 5.16. The third-order valence-corrected chi connectivity index (χ3v) is 3.33. The van der Waals surface area contributed by atoms with Crippen LogP contribution in [0.3, 0.4) is 0 Å². The molecule has 0 bridgehead atoms. The summed E-state index contributed by atoms with van der Waals surface area (Å²) in [6.07, 6.45) is 0. The lowest BCUT2D eigenvalue weighted by molar-refractivity contribution is 0.605. The highest BCUT2D eigenvalue weighted by Gasteiger charge is 2.10. The topological polar surface area (TPSA) is 46.2 Å². The first kappa shape index (κ1) is 11.6. The van der Waals surface area contributed by atoms with Crippen LogP contribution in [0.1, 0.15) is 0 Å². The summed E-state index contributed by atoms with van der Waals surface area (Å²) in [6.45, 7) is 0. The molecular formula is C7H6Cl2FNO2S. The molecule has 0 radical (unpaired) electrons. The number of alkyl halides is 1. The molecule has 0 aliphatic heterocycles. The molecule has 0 amide bonds. The van der Waals surface area contributed by atoms with Crippen LogP contribution in [0.25, 0.3) is 0 Å². The molecule has 0 aliphatic rings. The number of halogens is 3. The Kier molecular flexibility index (Phi) is 3.58. The Balaban J connectivity index is 2.99. The molecule has 0 saturated carbocycles. The molecule has 0 aromatic heterocycles. The molecular weight excluding hydrogens is 252 g/mol. The van der Waals surface area contributed by atoms with Crippen molar-refractivity contribution >= 4 is 38.9 Å². The number of benzene rings is 1. The van der Waals surface area contributed by atoms with E-state index in [1.165, 1.54) is 6.07 Å². The Hall–Kier alpha value is -0.520. The first-order chi connectivity index (χ1) is 6.44. The maximum Gasteiger partial charge on any atom is 0.246 e. The van der Waals surface area contributed by atoms with Crippen LogP contribution in [0, 0.1) is 5.82 Å². The van der Waals surface area contributed by atoms with Gasteiger partial charge < -0.3 is 0 Å². The summed E-state index contributed by atoms with van der Waals surface area (Å²) in [7, 11) is -3.60. The number of rotatable bonds is 3. The third-order valence-electron chi connectivity index (χ3n) is 1.34. The van der Waals surface area contributed by atoms with Crippen molar-refractivity contribution in [3.05, 3.63) is 29.0 Å². The van der Waals surface area contributed by atoms with E-state index in [1.54, 1.807) is 0 Å². The molecule has 0 heterocycles. The van der Waals surface area contributed by atoms with Crippen molar-refractivity contribution in [3.8, 4) is 0 Å². The van der Waals surface area contributed by atoms with Gasteiger partial charge in [0.25, 0.3) is 0 Å². The second-order valence-electron chi connectivity index (χ2n) is 2.45. The highest BCUT2D eigenvalue weighted by molar-refractivity contribution is 7.93. The maximum atomic E-state index is 12.6. The van der Waals surface area contributed by atoms with Crippen LogP contribution in [0.2, 0.25) is 5.02 Å². The molecule has 0 aliphatic carbocycles. The Morgan fingerprint density at radius 2 is 2.07 bits per heavy atom. The summed E-state index contributed by atoms with van der Waals surface area (Å²) in [5.74, 6) is -0.538. The maximum absolute atomic E-state index is 12.6. The van der Waals surface area contributed by atoms with Gasteiger partial charge in [0.05, 0.1) is 10.7 Å². The van der Waals surface area contributed by atoms with Crippen molar-refractivity contribution in [2.24, 2.45) is 0 Å². The molecule has 0 atom stereocenters. The minimum Gasteiger partial charge on any atom is -0.281 e. The van der Waals surface area contributed by atoms with Crippen molar-refractivity contribution in [1.82, 2.24) is 0 Å². The van der Waals surface area contributed by atoms with Gasteiger partial charge in [0.2, 0.25) is 10.0 Å². The standard InChI is InChI=1S/C7H6Cl2FNO2S/c8-4-14(12,13)11-7-2-1-5(10)3-6(7)9/h1-3,11H,4H2. The third kappa shape index (κ3) is 3.01. The molecule has 0 unspecified atom stereocenters. The fourth-order valence-electron chi connectivity index (χ4n) is 0.767. The Labute approximate surface area is 90.9 Å². The molecule has 0 saturated heterocycles. The normalized spacial score (nSPS) is 11.4. The van der Waals surface area contributed by atoms with Crippen molar-refractivity contribution in [2.75, 3.05) is 9.93 Å². The predicted octanol–water partition coefficient (Wildman–Crippen LogP) is 2.42. The molecule has 1 aromatic rings. The van der Waals surface area contributed by atoms with Gasteiger partial charge in [-0.25, -0.2) is 12.8 Å². The van der Waals surface area contributed by atoms with E-state index in [1.807, 2.05) is 0 Å². The van der Waals surface area contributed by atoms with Gasteiger partial charge in [0.15, 0.2) is 0 Å². The van der Waals surface area contributed by atoms with E-state index in [0.717, 1.165) is 12.1 Å². The van der Waals surface area contributed by atoms with Crippen LogP contribution in [0.15, 0.2) is 18.2 Å². The molecule has 3 nitrogen and oxygen atoms in total. The molecule has 1 rings (SSSR count). The van der Waals surface area contributed by atoms with Gasteiger partial charge in [-0.3, -0.25) is 4.72 Å². The molecule has 14 heavy (non-hydrogen) atoms. The zero-order chi connectivity index (χ0) is 10.8. The molecule has 0 spiro atoms. The summed E-state index contributed by atoms with van der Waals surface area (Å²) in [4.78, 5) is 0. The largest absolute Gasteiger partial charge is 0.281 e. The van der Waals surface area contributed by atoms with Gasteiger partial charge >= 0.3 is 0 Å². The number of anilines is 1. The van der Waals surface area contributed by atoms with Crippen LogP contribution in [-0.4, -0.2) is 13.6 Å². The van der Waals surface area contributed by atoms with E-state index < -0.39 is 21.1 Å². The minimum atomic E-state index is -3.60. The summed E-state index contributed by atoms with van der Waals surface area (Å²) in [6, 6.07) is 3.33. The second kappa shape index (κ2) is 4.33. The van der Waals surface area contributed by atoms with E-state index in [-0.39, 0.29) is 10.7 Å². The Bertz CT molecular complexity index is 435. The lowest BCUT2D eigenvalue weighted by Gasteiger charge is -2.06. The number of hydrogen-bond acceptors (Lipinski definition) is 2. The average Bonchev–Trinajstić information content (AvgIpc) is 2.10. The van der Waals surface area contributed by atoms with E-state index in [2.05, 4.69) is 4.72 Å². The van der Waals surface area contributed by atoms with Gasteiger partial charge in [-0.2, -0.15) is 0 Å². The van der Waals surface area contributed by atoms with Gasteiger partial charge in [0.1, 0.15) is 11.0 Å². The smallest absolute Gasteiger partial charge is 0.246 e. The SMILES string of the molecule is O=S(=O)(CCl)Nc1ccc(F)cc1Cl. The van der Waals surface area contributed by atoms with Gasteiger partial charge in [0, 0.05) is 0 Å². The lowest BCUT2D eigenvalue weighted by Crippen LogP contribution is -2.13. The highest BCUT2D eigenvalue weighted by atomic mass is 35.5. The summed E-state index contributed by atoms with van der Waals surface area (Å²) in [5.41, 5.74) is 0.105. The van der Waals surface area contributed by atoms with Gasteiger partial charge in [-0.15, -0.1) is 11.6 Å². The summed E-state index contributed by atoms with van der Waals surface area (Å²) in [5, 5.41) is -0.598. The predicted molar refractivity (Wildman–Crippen MR) is 54.7 cm³/mol. The first-order valence-corrected chi connectivity index (χ1v) is 6.02. The van der Waals surface area contributed by atoms with Crippen molar-refractivity contribution < 1.29 is 12.8 Å². The van der Waals surface area contributed by atoms with Gasteiger partial charge in [-0.1, -0.05) is 11.6 Å². The van der Waals surface area contributed by atoms with E-state index in [4.69, 9.17) is 23.2 Å². The van der Waals surface area contributed by atoms with E-state index in [0.29, 0.717) is 0 Å². The van der Waals surface area contributed by atoms with Gasteiger partial charge in [-0.05, 0) is 18.2 Å². The fraction of sp³-hybridized carbons (Fsp3) is 0.143.